The van der Waals surface area contributed by atoms with Crippen molar-refractivity contribution in [1.82, 2.24) is 15.6 Å². The van der Waals surface area contributed by atoms with E-state index < -0.39 is 0 Å². The number of carbonyl (C=O) groups is 2. The summed E-state index contributed by atoms with van der Waals surface area (Å²) in [5, 5.41) is 5.80. The molecule has 2 aromatic rings. The van der Waals surface area contributed by atoms with E-state index in [1.54, 1.807) is 30.5 Å². The van der Waals surface area contributed by atoms with E-state index in [0.29, 0.717) is 10.6 Å². The molecule has 1 unspecified atom stereocenters. The Labute approximate surface area is 133 Å². The van der Waals surface area contributed by atoms with Crippen LogP contribution in [0.3, 0.4) is 0 Å². The highest BCUT2D eigenvalue weighted by Crippen LogP contribution is 2.10. The fourth-order valence-corrected chi connectivity index (χ4v) is 2.08. The smallest absolute Gasteiger partial charge is 0.251 e. The van der Waals surface area contributed by atoms with Crippen LogP contribution in [-0.2, 0) is 4.79 Å². The predicted octanol–water partition coefficient (Wildman–Crippen LogP) is 2.34. The number of hydrogen-bond acceptors (Lipinski definition) is 3. The van der Waals surface area contributed by atoms with Crippen LogP contribution in [0.15, 0.2) is 48.7 Å². The number of nitrogens with one attached hydrogen (secondary N) is 2. The fraction of sp³-hybridized carbons (Fsp3) is 0.188. The van der Waals surface area contributed by atoms with Crippen molar-refractivity contribution in [2.75, 3.05) is 6.54 Å². The molecule has 0 fully saturated rings. The average molecular weight is 318 g/mol. The lowest BCUT2D eigenvalue weighted by atomic mass is 10.2. The summed E-state index contributed by atoms with van der Waals surface area (Å²) >= 11 is 5.82. The number of pyridine rings is 1. The molecular weight excluding hydrogens is 302 g/mol. The molecule has 1 heterocycles. The number of carbonyl (C=O) groups excluding carboxylic acids is 2. The Morgan fingerprint density at radius 1 is 1.23 bits per heavy atom. The Kier molecular flexibility index (Phi) is 5.49. The van der Waals surface area contributed by atoms with Crippen LogP contribution in [-0.4, -0.2) is 23.3 Å². The molecule has 0 spiro atoms. The molecule has 22 heavy (non-hydrogen) atoms. The second kappa shape index (κ2) is 7.56. The third kappa shape index (κ3) is 4.56. The minimum absolute atomic E-state index is 0.109. The molecule has 0 radical (unpaired) electrons. The van der Waals surface area contributed by atoms with Gasteiger partial charge in [-0.15, -0.1) is 0 Å². The third-order valence-electron chi connectivity index (χ3n) is 3.01. The first-order valence-electron chi connectivity index (χ1n) is 6.80. The molecule has 1 atom stereocenters. The van der Waals surface area contributed by atoms with E-state index in [0.717, 1.165) is 5.69 Å². The summed E-state index contributed by atoms with van der Waals surface area (Å²) < 4.78 is 0. The van der Waals surface area contributed by atoms with E-state index in [9.17, 15) is 9.59 Å². The van der Waals surface area contributed by atoms with Crippen molar-refractivity contribution in [3.8, 4) is 0 Å². The number of amides is 2. The maximum absolute atomic E-state index is 11.9. The molecule has 0 saturated heterocycles. The molecule has 6 heteroatoms. The van der Waals surface area contributed by atoms with Crippen LogP contribution in [0.2, 0.25) is 5.02 Å². The topological polar surface area (TPSA) is 71.1 Å². The Balaban J connectivity index is 1.84. The summed E-state index contributed by atoms with van der Waals surface area (Å²) in [5.41, 5.74) is 1.18. The van der Waals surface area contributed by atoms with Gasteiger partial charge >= 0.3 is 0 Å². The Morgan fingerprint density at radius 2 is 2.05 bits per heavy atom. The number of hydrogen-bond donors (Lipinski definition) is 2. The molecule has 1 aromatic carbocycles. The van der Waals surface area contributed by atoms with Gasteiger partial charge in [-0.05, 0) is 37.3 Å². The van der Waals surface area contributed by atoms with Crippen molar-refractivity contribution in [2.24, 2.45) is 0 Å². The first-order valence-corrected chi connectivity index (χ1v) is 7.18. The second-order valence-electron chi connectivity index (χ2n) is 4.74. The van der Waals surface area contributed by atoms with E-state index in [4.69, 9.17) is 11.6 Å². The summed E-state index contributed by atoms with van der Waals surface area (Å²) in [5.74, 6) is -0.628. The van der Waals surface area contributed by atoms with E-state index >= 15 is 0 Å². The van der Waals surface area contributed by atoms with Crippen LogP contribution >= 0.6 is 11.6 Å². The number of halogens is 1. The molecule has 1 aromatic heterocycles. The van der Waals surface area contributed by atoms with E-state index in [2.05, 4.69) is 15.6 Å². The third-order valence-corrected chi connectivity index (χ3v) is 3.24. The van der Waals surface area contributed by atoms with Gasteiger partial charge in [0, 0.05) is 16.8 Å². The van der Waals surface area contributed by atoms with Crippen LogP contribution in [0.5, 0.6) is 0 Å². The zero-order chi connectivity index (χ0) is 15.9. The zero-order valence-electron chi connectivity index (χ0n) is 12.0. The first-order chi connectivity index (χ1) is 10.6. The minimum Gasteiger partial charge on any atom is -0.346 e. The monoisotopic (exact) mass is 317 g/mol. The van der Waals surface area contributed by atoms with Gasteiger partial charge in [-0.1, -0.05) is 23.7 Å². The molecule has 2 N–H and O–H groups in total. The summed E-state index contributed by atoms with van der Waals surface area (Å²) in [6.07, 6.45) is 1.67. The quantitative estimate of drug-likeness (QED) is 0.889. The molecule has 0 bridgehead atoms. The van der Waals surface area contributed by atoms with Gasteiger partial charge in [0.05, 0.1) is 18.3 Å². The van der Waals surface area contributed by atoms with Gasteiger partial charge in [0.25, 0.3) is 5.91 Å². The van der Waals surface area contributed by atoms with E-state index in [1.165, 1.54) is 0 Å². The van der Waals surface area contributed by atoms with Crippen molar-refractivity contribution in [3.63, 3.8) is 0 Å². The molecule has 0 aliphatic rings. The second-order valence-corrected chi connectivity index (χ2v) is 5.17. The predicted molar refractivity (Wildman–Crippen MR) is 84.6 cm³/mol. The van der Waals surface area contributed by atoms with Gasteiger partial charge in [0.2, 0.25) is 5.91 Å². The van der Waals surface area contributed by atoms with E-state index in [-0.39, 0.29) is 24.4 Å². The maximum atomic E-state index is 11.9. The SMILES string of the molecule is CC(NC(=O)CNC(=O)c1cccc(Cl)c1)c1ccccn1. The average Bonchev–Trinajstić information content (AvgIpc) is 2.53. The molecule has 114 valence electrons. The first kappa shape index (κ1) is 16.0. The standard InChI is InChI=1S/C16H16ClN3O2/c1-11(14-7-2-3-8-18-14)20-15(21)10-19-16(22)12-5-4-6-13(17)9-12/h2-9,11H,10H2,1H3,(H,19,22)(H,20,21). The van der Waals surface area contributed by atoms with Gasteiger partial charge in [-0.25, -0.2) is 0 Å². The molecule has 2 rings (SSSR count). The molecule has 2 amide bonds. The van der Waals surface area contributed by atoms with Crippen molar-refractivity contribution in [2.45, 2.75) is 13.0 Å². The largest absolute Gasteiger partial charge is 0.346 e. The van der Waals surface area contributed by atoms with Gasteiger partial charge in [0.1, 0.15) is 0 Å². The highest BCUT2D eigenvalue weighted by molar-refractivity contribution is 6.30. The van der Waals surface area contributed by atoms with Crippen molar-refractivity contribution < 1.29 is 9.59 Å². The highest BCUT2D eigenvalue weighted by Gasteiger charge is 2.12. The lowest BCUT2D eigenvalue weighted by Crippen LogP contribution is -2.38. The van der Waals surface area contributed by atoms with Crippen LogP contribution in [0.1, 0.15) is 29.0 Å². The minimum atomic E-state index is -0.344. The Morgan fingerprint density at radius 3 is 2.73 bits per heavy atom. The van der Waals surface area contributed by atoms with Crippen LogP contribution in [0.4, 0.5) is 0 Å². The Bertz CT molecular complexity index is 661. The van der Waals surface area contributed by atoms with Crippen LogP contribution in [0.25, 0.3) is 0 Å². The van der Waals surface area contributed by atoms with Gasteiger partial charge in [-0.2, -0.15) is 0 Å². The summed E-state index contributed by atoms with van der Waals surface area (Å²) in [6, 6.07) is 11.8. The highest BCUT2D eigenvalue weighted by atomic mass is 35.5. The number of aromatic nitrogens is 1. The van der Waals surface area contributed by atoms with Gasteiger partial charge in [0.15, 0.2) is 0 Å². The van der Waals surface area contributed by atoms with E-state index in [1.807, 2.05) is 25.1 Å². The summed E-state index contributed by atoms with van der Waals surface area (Å²) in [6.45, 7) is 1.72. The molecule has 0 aliphatic carbocycles. The maximum Gasteiger partial charge on any atom is 0.251 e. The summed E-state index contributed by atoms with van der Waals surface area (Å²) in [7, 11) is 0. The van der Waals surface area contributed by atoms with Crippen molar-refractivity contribution in [1.29, 1.82) is 0 Å². The zero-order valence-corrected chi connectivity index (χ0v) is 12.8. The van der Waals surface area contributed by atoms with Gasteiger partial charge in [-0.3, -0.25) is 14.6 Å². The molecule has 5 nitrogen and oxygen atoms in total. The lowest BCUT2D eigenvalue weighted by molar-refractivity contribution is -0.120. The number of benzene rings is 1. The molecule has 0 saturated carbocycles. The summed E-state index contributed by atoms with van der Waals surface area (Å²) in [4.78, 5) is 27.9. The van der Waals surface area contributed by atoms with Crippen molar-refractivity contribution in [3.05, 3.63) is 64.9 Å². The van der Waals surface area contributed by atoms with Crippen molar-refractivity contribution >= 4 is 23.4 Å². The fourth-order valence-electron chi connectivity index (χ4n) is 1.89. The molecule has 0 aliphatic heterocycles. The Hall–Kier alpha value is -2.40. The van der Waals surface area contributed by atoms with Crippen LogP contribution in [0, 0.1) is 0 Å². The molecular formula is C16H16ClN3O2. The lowest BCUT2D eigenvalue weighted by Gasteiger charge is -2.13. The normalized spacial score (nSPS) is 11.5. The number of rotatable bonds is 5. The van der Waals surface area contributed by atoms with Crippen LogP contribution < -0.4 is 10.6 Å². The number of nitrogens with zero attached hydrogens (tertiary/aromatic N) is 1. The van der Waals surface area contributed by atoms with Gasteiger partial charge < -0.3 is 10.6 Å².